The number of halogens is 1. The van der Waals surface area contributed by atoms with Crippen molar-refractivity contribution in [2.24, 2.45) is 5.92 Å². The monoisotopic (exact) mass is 456 g/mol. The average molecular weight is 457 g/mol. The number of hydrogen-bond acceptors (Lipinski definition) is 5. The van der Waals surface area contributed by atoms with E-state index < -0.39 is 12.0 Å². The molecule has 2 N–H and O–H groups in total. The lowest BCUT2D eigenvalue weighted by atomic mass is 9.95. The number of rotatable bonds is 7. The van der Waals surface area contributed by atoms with Crippen LogP contribution in [0.25, 0.3) is 0 Å². The van der Waals surface area contributed by atoms with Crippen LogP contribution in [-0.4, -0.2) is 31.4 Å². The van der Waals surface area contributed by atoms with Crippen LogP contribution in [0.15, 0.2) is 27.9 Å². The Balaban J connectivity index is 2.51. The fourth-order valence-corrected chi connectivity index (χ4v) is 3.58. The van der Waals surface area contributed by atoms with E-state index in [1.165, 1.54) is 7.11 Å². The average Bonchev–Trinajstić information content (AvgIpc) is 2.59. The molecule has 0 bridgehead atoms. The first-order valence-corrected chi connectivity index (χ1v) is 9.94. The van der Waals surface area contributed by atoms with Crippen molar-refractivity contribution in [1.29, 1.82) is 0 Å². The Hall–Kier alpha value is -1.80. The summed E-state index contributed by atoms with van der Waals surface area (Å²) in [5.74, 6) is 1.21. The largest absolute Gasteiger partial charge is 0.490 e. The van der Waals surface area contributed by atoms with Gasteiger partial charge in [0.15, 0.2) is 16.6 Å². The van der Waals surface area contributed by atoms with Crippen molar-refractivity contribution in [2.75, 3.05) is 20.3 Å². The van der Waals surface area contributed by atoms with E-state index in [-0.39, 0.29) is 0 Å². The number of carbonyl (C=O) groups excluding carboxylic acids is 1. The molecule has 1 unspecified atom stereocenters. The van der Waals surface area contributed by atoms with Crippen LogP contribution in [0.3, 0.4) is 0 Å². The minimum absolute atomic E-state index is 0.381. The highest BCUT2D eigenvalue weighted by atomic mass is 79.9. The van der Waals surface area contributed by atoms with E-state index in [0.717, 1.165) is 10.0 Å². The summed E-state index contributed by atoms with van der Waals surface area (Å²) >= 11 is 8.85. The Morgan fingerprint density at radius 1 is 1.33 bits per heavy atom. The number of thiocarbonyl (C=S) groups is 1. The third-order valence-electron chi connectivity index (χ3n) is 3.90. The molecule has 1 atom stereocenters. The molecule has 1 heterocycles. The van der Waals surface area contributed by atoms with Gasteiger partial charge >= 0.3 is 5.97 Å². The molecule has 6 nitrogen and oxygen atoms in total. The highest BCUT2D eigenvalue weighted by Crippen LogP contribution is 2.40. The van der Waals surface area contributed by atoms with Crippen LogP contribution in [0.4, 0.5) is 0 Å². The van der Waals surface area contributed by atoms with Crippen molar-refractivity contribution < 1.29 is 19.0 Å². The lowest BCUT2D eigenvalue weighted by molar-refractivity contribution is -0.136. The van der Waals surface area contributed by atoms with Crippen LogP contribution in [0, 0.1) is 5.92 Å². The topological polar surface area (TPSA) is 68.8 Å². The SMILES string of the molecule is CCOc1cc(C2NC(=S)NC(C)=C2C(=O)OC)cc(Br)c1OCC(C)C. The molecule has 0 spiro atoms. The van der Waals surface area contributed by atoms with Gasteiger partial charge in [-0.3, -0.25) is 0 Å². The predicted molar refractivity (Wildman–Crippen MR) is 112 cm³/mol. The molecule has 1 aromatic rings. The van der Waals surface area contributed by atoms with Gasteiger partial charge in [0.25, 0.3) is 0 Å². The highest BCUT2D eigenvalue weighted by molar-refractivity contribution is 9.10. The van der Waals surface area contributed by atoms with E-state index in [9.17, 15) is 4.79 Å². The third kappa shape index (κ3) is 5.13. The number of benzene rings is 1. The molecule has 1 aliphatic heterocycles. The van der Waals surface area contributed by atoms with Crippen molar-refractivity contribution in [1.82, 2.24) is 10.6 Å². The van der Waals surface area contributed by atoms with Gasteiger partial charge in [0.05, 0.1) is 36.4 Å². The van der Waals surface area contributed by atoms with Crippen LogP contribution in [0.2, 0.25) is 0 Å². The fraction of sp³-hybridized carbons (Fsp3) is 0.474. The van der Waals surface area contributed by atoms with Gasteiger partial charge in [0.2, 0.25) is 0 Å². The van der Waals surface area contributed by atoms with Crippen LogP contribution in [0.1, 0.15) is 39.3 Å². The first-order valence-electron chi connectivity index (χ1n) is 8.74. The van der Waals surface area contributed by atoms with Gasteiger partial charge in [0, 0.05) is 5.70 Å². The van der Waals surface area contributed by atoms with Crippen LogP contribution in [-0.2, 0) is 9.53 Å². The molecule has 1 aliphatic rings. The second kappa shape index (κ2) is 9.41. The number of nitrogens with one attached hydrogen (secondary N) is 2. The lowest BCUT2D eigenvalue weighted by Crippen LogP contribution is -2.45. The van der Waals surface area contributed by atoms with Crippen LogP contribution < -0.4 is 20.1 Å². The normalized spacial score (nSPS) is 16.7. The van der Waals surface area contributed by atoms with Crippen molar-refractivity contribution in [3.8, 4) is 11.5 Å². The summed E-state index contributed by atoms with van der Waals surface area (Å²) in [6.07, 6.45) is 0. The molecule has 8 heteroatoms. The first kappa shape index (κ1) is 21.5. The van der Waals surface area contributed by atoms with Crippen molar-refractivity contribution >= 4 is 39.2 Å². The van der Waals surface area contributed by atoms with E-state index in [2.05, 4.69) is 40.4 Å². The van der Waals surface area contributed by atoms with Crippen molar-refractivity contribution in [3.05, 3.63) is 33.4 Å². The van der Waals surface area contributed by atoms with E-state index in [1.54, 1.807) is 6.92 Å². The molecule has 27 heavy (non-hydrogen) atoms. The van der Waals surface area contributed by atoms with E-state index in [0.29, 0.717) is 47.0 Å². The van der Waals surface area contributed by atoms with E-state index >= 15 is 0 Å². The number of methoxy groups -OCH3 is 1. The summed E-state index contributed by atoms with van der Waals surface area (Å²) in [7, 11) is 1.36. The summed E-state index contributed by atoms with van der Waals surface area (Å²) in [6, 6.07) is 3.31. The van der Waals surface area contributed by atoms with Gasteiger partial charge in [-0.25, -0.2) is 4.79 Å². The number of ether oxygens (including phenoxy) is 3. The molecule has 0 aliphatic carbocycles. The quantitative estimate of drug-likeness (QED) is 0.476. The van der Waals surface area contributed by atoms with E-state index in [1.807, 2.05) is 19.1 Å². The maximum atomic E-state index is 12.3. The van der Waals surface area contributed by atoms with Gasteiger partial charge in [-0.2, -0.15) is 0 Å². The summed E-state index contributed by atoms with van der Waals surface area (Å²) in [6.45, 7) is 8.93. The summed E-state index contributed by atoms with van der Waals surface area (Å²) < 4.78 is 17.4. The molecule has 0 amide bonds. The second-order valence-corrected chi connectivity index (χ2v) is 7.79. The summed E-state index contributed by atoms with van der Waals surface area (Å²) in [5.41, 5.74) is 1.94. The molecule has 0 fully saturated rings. The minimum atomic E-state index is -0.458. The highest BCUT2D eigenvalue weighted by Gasteiger charge is 2.31. The first-order chi connectivity index (χ1) is 12.8. The fourth-order valence-electron chi connectivity index (χ4n) is 2.73. The molecular formula is C19H25BrN2O4S. The molecule has 0 saturated carbocycles. The van der Waals surface area contributed by atoms with Gasteiger partial charge in [0.1, 0.15) is 0 Å². The molecular weight excluding hydrogens is 432 g/mol. The molecule has 2 rings (SSSR count). The van der Waals surface area contributed by atoms with Crippen molar-refractivity contribution in [2.45, 2.75) is 33.7 Å². The van der Waals surface area contributed by atoms with Gasteiger partial charge in [-0.1, -0.05) is 13.8 Å². The summed E-state index contributed by atoms with van der Waals surface area (Å²) in [4.78, 5) is 12.3. The predicted octanol–water partition coefficient (Wildman–Crippen LogP) is 3.85. The minimum Gasteiger partial charge on any atom is -0.490 e. The van der Waals surface area contributed by atoms with E-state index in [4.69, 9.17) is 26.4 Å². The molecule has 148 valence electrons. The number of carbonyl (C=O) groups is 1. The Morgan fingerprint density at radius 2 is 2.04 bits per heavy atom. The zero-order valence-corrected chi connectivity index (χ0v) is 18.5. The zero-order chi connectivity index (χ0) is 20.1. The number of esters is 1. The Labute approximate surface area is 173 Å². The number of allylic oxidation sites excluding steroid dienone is 1. The zero-order valence-electron chi connectivity index (χ0n) is 16.1. The Morgan fingerprint density at radius 3 is 2.63 bits per heavy atom. The van der Waals surface area contributed by atoms with Gasteiger partial charge < -0.3 is 24.8 Å². The standard InChI is InChI=1S/C19H25BrN2O4S/c1-6-25-14-8-12(7-13(20)17(14)26-9-10(2)3)16-15(18(23)24-5)11(4)21-19(27)22-16/h7-8,10,16H,6,9H2,1-5H3,(H2,21,22,27). The smallest absolute Gasteiger partial charge is 0.337 e. The van der Waals surface area contributed by atoms with Gasteiger partial charge in [-0.15, -0.1) is 0 Å². The molecule has 0 aromatic heterocycles. The van der Waals surface area contributed by atoms with Gasteiger partial charge in [-0.05, 0) is 65.6 Å². The van der Waals surface area contributed by atoms with Crippen LogP contribution >= 0.6 is 28.1 Å². The molecule has 0 radical (unpaired) electrons. The second-order valence-electron chi connectivity index (χ2n) is 6.53. The lowest BCUT2D eigenvalue weighted by Gasteiger charge is -2.30. The summed E-state index contributed by atoms with van der Waals surface area (Å²) in [5, 5.41) is 6.56. The van der Waals surface area contributed by atoms with Crippen molar-refractivity contribution in [3.63, 3.8) is 0 Å². The third-order valence-corrected chi connectivity index (χ3v) is 4.71. The maximum absolute atomic E-state index is 12.3. The number of hydrogen-bond donors (Lipinski definition) is 2. The Kier molecular flexibility index (Phi) is 7.49. The Bertz CT molecular complexity index is 764. The van der Waals surface area contributed by atoms with Crippen LogP contribution in [0.5, 0.6) is 11.5 Å². The molecule has 1 aromatic carbocycles. The maximum Gasteiger partial charge on any atom is 0.337 e. The molecule has 0 saturated heterocycles.